The van der Waals surface area contributed by atoms with Gasteiger partial charge in [0.1, 0.15) is 17.9 Å². The van der Waals surface area contributed by atoms with Crippen molar-refractivity contribution >= 4 is 17.6 Å². The Hall–Kier alpha value is -2.07. The molecule has 0 radical (unpaired) electrons. The lowest BCUT2D eigenvalue weighted by Gasteiger charge is -2.06. The van der Waals surface area contributed by atoms with Gasteiger partial charge in [0.15, 0.2) is 0 Å². The normalized spacial score (nSPS) is 10.1. The highest BCUT2D eigenvalue weighted by Crippen LogP contribution is 2.22. The van der Waals surface area contributed by atoms with Gasteiger partial charge in [-0.2, -0.15) is 0 Å². The van der Waals surface area contributed by atoms with Crippen LogP contribution in [0.1, 0.15) is 16.1 Å². The molecule has 0 bridgehead atoms. The quantitative estimate of drug-likeness (QED) is 0.865. The summed E-state index contributed by atoms with van der Waals surface area (Å²) in [5.41, 5.74) is 0.717. The highest BCUT2D eigenvalue weighted by atomic mass is 35.5. The summed E-state index contributed by atoms with van der Waals surface area (Å²) < 4.78 is 5.03. The van der Waals surface area contributed by atoms with Gasteiger partial charge in [0.2, 0.25) is 0 Å². The van der Waals surface area contributed by atoms with Crippen LogP contribution in [0.25, 0.3) is 0 Å². The van der Waals surface area contributed by atoms with E-state index < -0.39 is 5.97 Å². The molecule has 18 heavy (non-hydrogen) atoms. The molecule has 92 valence electrons. The minimum atomic E-state index is -0.616. The number of hydrogen-bond donors (Lipinski definition) is 1. The molecular formula is C13H10ClNO3. The van der Waals surface area contributed by atoms with E-state index in [1.54, 1.807) is 24.4 Å². The van der Waals surface area contributed by atoms with Gasteiger partial charge in [0.05, 0.1) is 5.69 Å². The van der Waals surface area contributed by atoms with E-state index in [2.05, 4.69) is 4.98 Å². The topological polar surface area (TPSA) is 59.4 Å². The number of benzene rings is 1. The maximum Gasteiger partial charge on any atom is 0.342 e. The van der Waals surface area contributed by atoms with Crippen molar-refractivity contribution in [2.24, 2.45) is 0 Å². The van der Waals surface area contributed by atoms with E-state index >= 15 is 0 Å². The monoisotopic (exact) mass is 263 g/mol. The van der Waals surface area contributed by atoms with Crippen molar-refractivity contribution in [2.45, 2.75) is 6.61 Å². The molecule has 0 saturated heterocycles. The van der Waals surface area contributed by atoms with E-state index in [1.165, 1.54) is 18.2 Å². The largest absolute Gasteiger partial charge is 0.507 e. The number of carbonyl (C=O) groups excluding carboxylic acids is 1. The number of halogens is 1. The van der Waals surface area contributed by atoms with Gasteiger partial charge in [0, 0.05) is 11.2 Å². The SMILES string of the molecule is O=C(OCc1ccccn1)c1ccc(Cl)cc1O. The summed E-state index contributed by atoms with van der Waals surface area (Å²) in [5.74, 6) is -0.816. The van der Waals surface area contributed by atoms with Crippen LogP contribution in [-0.2, 0) is 11.3 Å². The zero-order valence-electron chi connectivity index (χ0n) is 9.34. The number of rotatable bonds is 3. The van der Waals surface area contributed by atoms with E-state index in [1.807, 2.05) is 0 Å². The van der Waals surface area contributed by atoms with E-state index in [9.17, 15) is 9.90 Å². The average Bonchev–Trinajstić information content (AvgIpc) is 2.37. The van der Waals surface area contributed by atoms with Crippen molar-refractivity contribution < 1.29 is 14.6 Å². The molecule has 0 aliphatic heterocycles. The van der Waals surface area contributed by atoms with Gasteiger partial charge in [0.25, 0.3) is 0 Å². The van der Waals surface area contributed by atoms with E-state index in [0.717, 1.165) is 0 Å². The number of esters is 1. The molecule has 4 nitrogen and oxygen atoms in total. The standard InChI is InChI=1S/C13H10ClNO3/c14-9-4-5-11(12(16)7-9)13(17)18-8-10-3-1-2-6-15-10/h1-7,16H,8H2. The zero-order valence-corrected chi connectivity index (χ0v) is 10.1. The molecule has 0 unspecified atom stereocenters. The van der Waals surface area contributed by atoms with E-state index in [0.29, 0.717) is 10.7 Å². The molecular weight excluding hydrogens is 254 g/mol. The van der Waals surface area contributed by atoms with Crippen LogP contribution in [0.5, 0.6) is 5.75 Å². The molecule has 2 aromatic rings. The van der Waals surface area contributed by atoms with Gasteiger partial charge >= 0.3 is 5.97 Å². The molecule has 5 heteroatoms. The smallest absolute Gasteiger partial charge is 0.342 e. The number of aromatic hydroxyl groups is 1. The molecule has 0 atom stereocenters. The Bertz CT molecular complexity index is 557. The summed E-state index contributed by atoms with van der Waals surface area (Å²) in [7, 11) is 0. The Labute approximate surface area is 109 Å². The van der Waals surface area contributed by atoms with Crippen LogP contribution in [-0.4, -0.2) is 16.1 Å². The van der Waals surface area contributed by atoms with Crippen molar-refractivity contribution in [1.29, 1.82) is 0 Å². The second-order valence-electron chi connectivity index (χ2n) is 3.56. The molecule has 1 N–H and O–H groups in total. The number of hydrogen-bond acceptors (Lipinski definition) is 4. The van der Waals surface area contributed by atoms with Crippen LogP contribution in [0.3, 0.4) is 0 Å². The minimum absolute atomic E-state index is 0.0573. The Morgan fingerprint density at radius 3 is 2.83 bits per heavy atom. The summed E-state index contributed by atoms with van der Waals surface area (Å²) in [4.78, 5) is 15.7. The van der Waals surface area contributed by atoms with Crippen molar-refractivity contribution in [3.63, 3.8) is 0 Å². The van der Waals surface area contributed by atoms with Crippen LogP contribution >= 0.6 is 11.6 Å². The highest BCUT2D eigenvalue weighted by Gasteiger charge is 2.13. The van der Waals surface area contributed by atoms with Gasteiger partial charge in [-0.1, -0.05) is 17.7 Å². The predicted octanol–water partition coefficient (Wildman–Crippen LogP) is 2.80. The minimum Gasteiger partial charge on any atom is -0.507 e. The molecule has 0 aliphatic rings. The first-order chi connectivity index (χ1) is 8.66. The molecule has 0 spiro atoms. The van der Waals surface area contributed by atoms with Gasteiger partial charge in [-0.25, -0.2) is 4.79 Å². The molecule has 1 heterocycles. The molecule has 0 saturated carbocycles. The molecule has 0 fully saturated rings. The number of nitrogens with zero attached hydrogens (tertiary/aromatic N) is 1. The van der Waals surface area contributed by atoms with Crippen LogP contribution in [0.15, 0.2) is 42.6 Å². The first-order valence-electron chi connectivity index (χ1n) is 5.22. The van der Waals surface area contributed by atoms with Gasteiger partial charge in [-0.3, -0.25) is 4.98 Å². The van der Waals surface area contributed by atoms with E-state index in [4.69, 9.17) is 16.3 Å². The van der Waals surface area contributed by atoms with Crippen LogP contribution < -0.4 is 0 Å². The third-order valence-electron chi connectivity index (χ3n) is 2.26. The highest BCUT2D eigenvalue weighted by molar-refractivity contribution is 6.30. The maximum absolute atomic E-state index is 11.7. The first-order valence-corrected chi connectivity index (χ1v) is 5.60. The number of ether oxygens (including phenoxy) is 1. The summed E-state index contributed by atoms with van der Waals surface area (Å²) >= 11 is 5.67. The molecule has 1 aromatic heterocycles. The first kappa shape index (κ1) is 12.4. The number of carbonyl (C=O) groups is 1. The summed E-state index contributed by atoms with van der Waals surface area (Å²) in [6.07, 6.45) is 1.61. The van der Waals surface area contributed by atoms with Crippen molar-refractivity contribution in [1.82, 2.24) is 4.98 Å². The molecule has 0 aliphatic carbocycles. The molecule has 2 rings (SSSR count). The van der Waals surface area contributed by atoms with Gasteiger partial charge < -0.3 is 9.84 Å². The number of phenols is 1. The van der Waals surface area contributed by atoms with Gasteiger partial charge in [-0.15, -0.1) is 0 Å². The Balaban J connectivity index is 2.04. The Morgan fingerprint density at radius 2 is 2.17 bits per heavy atom. The Kier molecular flexibility index (Phi) is 3.79. The summed E-state index contributed by atoms with van der Waals surface area (Å²) in [6, 6.07) is 9.54. The Morgan fingerprint density at radius 1 is 1.33 bits per heavy atom. The van der Waals surface area contributed by atoms with Crippen LogP contribution in [0.2, 0.25) is 5.02 Å². The second kappa shape index (κ2) is 5.51. The second-order valence-corrected chi connectivity index (χ2v) is 4.00. The van der Waals surface area contributed by atoms with Crippen molar-refractivity contribution in [2.75, 3.05) is 0 Å². The third kappa shape index (κ3) is 2.99. The van der Waals surface area contributed by atoms with E-state index in [-0.39, 0.29) is 17.9 Å². The average molecular weight is 264 g/mol. The van der Waals surface area contributed by atoms with Crippen molar-refractivity contribution in [3.05, 3.63) is 58.9 Å². The predicted molar refractivity (Wildman–Crippen MR) is 66.5 cm³/mol. The fourth-order valence-corrected chi connectivity index (χ4v) is 1.54. The summed E-state index contributed by atoms with van der Waals surface area (Å²) in [6.45, 7) is 0.0573. The fraction of sp³-hybridized carbons (Fsp3) is 0.0769. The van der Waals surface area contributed by atoms with Crippen LogP contribution in [0.4, 0.5) is 0 Å². The van der Waals surface area contributed by atoms with Crippen LogP contribution in [0, 0.1) is 0 Å². The lowest BCUT2D eigenvalue weighted by molar-refractivity contribution is 0.0464. The third-order valence-corrected chi connectivity index (χ3v) is 2.49. The number of pyridine rings is 1. The maximum atomic E-state index is 11.7. The molecule has 1 aromatic carbocycles. The lowest BCUT2D eigenvalue weighted by atomic mass is 10.2. The lowest BCUT2D eigenvalue weighted by Crippen LogP contribution is -2.06. The molecule has 0 amide bonds. The number of phenolic OH excluding ortho intramolecular Hbond substituents is 1. The fourth-order valence-electron chi connectivity index (χ4n) is 1.38. The summed E-state index contributed by atoms with van der Waals surface area (Å²) in [5, 5.41) is 9.91. The number of aromatic nitrogens is 1. The van der Waals surface area contributed by atoms with Gasteiger partial charge in [-0.05, 0) is 30.3 Å². The van der Waals surface area contributed by atoms with Crippen molar-refractivity contribution in [3.8, 4) is 5.75 Å². The zero-order chi connectivity index (χ0) is 13.0.